The van der Waals surface area contributed by atoms with Crippen molar-refractivity contribution in [3.8, 4) is 0 Å². The van der Waals surface area contributed by atoms with E-state index in [4.69, 9.17) is 0 Å². The highest BCUT2D eigenvalue weighted by molar-refractivity contribution is 5.86. The quantitative estimate of drug-likeness (QED) is 0.808. The molecule has 0 radical (unpaired) electrons. The van der Waals surface area contributed by atoms with E-state index in [-0.39, 0.29) is 5.54 Å². The maximum Gasteiger partial charge on any atom is 0.242 e. The first-order chi connectivity index (χ1) is 9.09. The van der Waals surface area contributed by atoms with E-state index in [1.54, 1.807) is 0 Å². The molecule has 4 nitrogen and oxygen atoms in total. The predicted octanol–water partition coefficient (Wildman–Crippen LogP) is 1.07. The fraction of sp³-hybridized carbons (Fsp3) is 0.933. The van der Waals surface area contributed by atoms with Gasteiger partial charge in [-0.1, -0.05) is 0 Å². The molecule has 1 saturated heterocycles. The topological polar surface area (TPSA) is 35.6 Å². The monoisotopic (exact) mass is 265 g/mol. The Morgan fingerprint density at radius 3 is 2.37 bits per heavy atom. The van der Waals surface area contributed by atoms with Gasteiger partial charge in [0.15, 0.2) is 0 Å². The van der Waals surface area contributed by atoms with Gasteiger partial charge in [-0.25, -0.2) is 0 Å². The summed E-state index contributed by atoms with van der Waals surface area (Å²) in [6.07, 6.45) is 5.08. The smallest absolute Gasteiger partial charge is 0.242 e. The highest BCUT2D eigenvalue weighted by Crippen LogP contribution is 2.36. The van der Waals surface area contributed by atoms with E-state index in [0.29, 0.717) is 11.9 Å². The van der Waals surface area contributed by atoms with E-state index < -0.39 is 0 Å². The van der Waals surface area contributed by atoms with Gasteiger partial charge in [-0.15, -0.1) is 0 Å². The number of nitrogens with zero attached hydrogens (tertiary/aromatic N) is 2. The molecule has 2 aliphatic carbocycles. The highest BCUT2D eigenvalue weighted by atomic mass is 16.2. The largest absolute Gasteiger partial charge is 0.338 e. The Hall–Kier alpha value is -0.610. The van der Waals surface area contributed by atoms with E-state index in [1.807, 2.05) is 0 Å². The van der Waals surface area contributed by atoms with Crippen LogP contribution in [-0.2, 0) is 4.79 Å². The number of carbonyl (C=O) groups is 1. The van der Waals surface area contributed by atoms with Gasteiger partial charge in [-0.2, -0.15) is 0 Å². The molecule has 1 N–H and O–H groups in total. The van der Waals surface area contributed by atoms with Crippen LogP contribution in [0.3, 0.4) is 0 Å². The molecule has 3 aliphatic rings. The van der Waals surface area contributed by atoms with Crippen molar-refractivity contribution >= 4 is 5.91 Å². The van der Waals surface area contributed by atoms with Gasteiger partial charge in [-0.3, -0.25) is 9.69 Å². The fourth-order valence-corrected chi connectivity index (χ4v) is 3.07. The molecule has 0 bridgehead atoms. The highest BCUT2D eigenvalue weighted by Gasteiger charge is 2.44. The molecule has 108 valence electrons. The third kappa shape index (κ3) is 2.95. The van der Waals surface area contributed by atoms with Crippen molar-refractivity contribution in [1.82, 2.24) is 15.1 Å². The van der Waals surface area contributed by atoms with Crippen LogP contribution < -0.4 is 5.32 Å². The van der Waals surface area contributed by atoms with Crippen molar-refractivity contribution in [2.45, 2.75) is 51.1 Å². The SMILES string of the molecule is CC(C)(C(=O)N(CC1CC1)C1CC1)N1CCNCC1. The minimum absolute atomic E-state index is 0.334. The Morgan fingerprint density at radius 1 is 1.21 bits per heavy atom. The lowest BCUT2D eigenvalue weighted by Gasteiger charge is -2.42. The summed E-state index contributed by atoms with van der Waals surface area (Å²) in [6.45, 7) is 9.22. The molecule has 0 aromatic heterocycles. The summed E-state index contributed by atoms with van der Waals surface area (Å²) in [7, 11) is 0. The third-order valence-corrected chi connectivity index (χ3v) is 4.83. The predicted molar refractivity (Wildman–Crippen MR) is 76.0 cm³/mol. The molecular formula is C15H27N3O. The molecule has 0 spiro atoms. The van der Waals surface area contributed by atoms with Crippen LogP contribution in [0.4, 0.5) is 0 Å². The zero-order chi connectivity index (χ0) is 13.5. The average molecular weight is 265 g/mol. The molecule has 4 heteroatoms. The standard InChI is InChI=1S/C15H27N3O/c1-15(2,17-9-7-16-8-10-17)14(19)18(13-5-6-13)11-12-3-4-12/h12-13,16H,3-11H2,1-2H3. The summed E-state index contributed by atoms with van der Waals surface area (Å²) < 4.78 is 0. The molecule has 1 heterocycles. The fourth-order valence-electron chi connectivity index (χ4n) is 3.07. The summed E-state index contributed by atoms with van der Waals surface area (Å²) in [5.41, 5.74) is -0.334. The lowest BCUT2D eigenvalue weighted by atomic mass is 9.99. The summed E-state index contributed by atoms with van der Waals surface area (Å²) in [4.78, 5) is 17.5. The van der Waals surface area contributed by atoms with Gasteiger partial charge in [0.1, 0.15) is 0 Å². The second-order valence-electron chi connectivity index (χ2n) is 6.93. The molecule has 2 saturated carbocycles. The normalized spacial score (nSPS) is 25.4. The first-order valence-electron chi connectivity index (χ1n) is 7.86. The van der Waals surface area contributed by atoms with Crippen molar-refractivity contribution < 1.29 is 4.79 Å². The van der Waals surface area contributed by atoms with Crippen molar-refractivity contribution in [1.29, 1.82) is 0 Å². The van der Waals surface area contributed by atoms with Crippen LogP contribution >= 0.6 is 0 Å². The number of hydrogen-bond donors (Lipinski definition) is 1. The summed E-state index contributed by atoms with van der Waals surface area (Å²) >= 11 is 0. The Bertz CT molecular complexity index is 341. The van der Waals surface area contributed by atoms with Crippen LogP contribution in [0.5, 0.6) is 0 Å². The molecule has 3 fully saturated rings. The second kappa shape index (κ2) is 5.06. The van der Waals surface area contributed by atoms with Gasteiger partial charge in [0, 0.05) is 38.8 Å². The Morgan fingerprint density at radius 2 is 1.84 bits per heavy atom. The Kier molecular flexibility index (Phi) is 3.56. The summed E-state index contributed by atoms with van der Waals surface area (Å²) in [6, 6.07) is 0.551. The third-order valence-electron chi connectivity index (χ3n) is 4.83. The van der Waals surface area contributed by atoms with E-state index in [9.17, 15) is 4.79 Å². The second-order valence-corrected chi connectivity index (χ2v) is 6.93. The first kappa shape index (κ1) is 13.4. The molecule has 1 aliphatic heterocycles. The van der Waals surface area contributed by atoms with Gasteiger partial charge in [-0.05, 0) is 45.4 Å². The van der Waals surface area contributed by atoms with Crippen LogP contribution in [-0.4, -0.2) is 60.0 Å². The Labute approximate surface area is 116 Å². The molecule has 19 heavy (non-hydrogen) atoms. The van der Waals surface area contributed by atoms with E-state index in [0.717, 1.165) is 38.6 Å². The van der Waals surface area contributed by atoms with Crippen molar-refractivity contribution in [3.05, 3.63) is 0 Å². The number of carbonyl (C=O) groups excluding carboxylic acids is 1. The molecule has 3 rings (SSSR count). The number of hydrogen-bond acceptors (Lipinski definition) is 3. The summed E-state index contributed by atoms with van der Waals surface area (Å²) in [5.74, 6) is 1.16. The van der Waals surface area contributed by atoms with Gasteiger partial charge in [0.05, 0.1) is 5.54 Å². The van der Waals surface area contributed by atoms with Crippen molar-refractivity contribution in [2.24, 2.45) is 5.92 Å². The van der Waals surface area contributed by atoms with E-state index in [1.165, 1.54) is 25.7 Å². The minimum Gasteiger partial charge on any atom is -0.338 e. The van der Waals surface area contributed by atoms with Gasteiger partial charge >= 0.3 is 0 Å². The van der Waals surface area contributed by atoms with Crippen LogP contribution in [0, 0.1) is 5.92 Å². The van der Waals surface area contributed by atoms with E-state index >= 15 is 0 Å². The molecular weight excluding hydrogens is 238 g/mol. The Balaban J connectivity index is 1.67. The van der Waals surface area contributed by atoms with Crippen molar-refractivity contribution in [2.75, 3.05) is 32.7 Å². The molecule has 1 amide bonds. The van der Waals surface area contributed by atoms with Crippen LogP contribution in [0.25, 0.3) is 0 Å². The molecule has 0 aromatic carbocycles. The van der Waals surface area contributed by atoms with Gasteiger partial charge < -0.3 is 10.2 Å². The maximum absolute atomic E-state index is 13.0. The first-order valence-corrected chi connectivity index (χ1v) is 7.86. The van der Waals surface area contributed by atoms with Crippen LogP contribution in [0.15, 0.2) is 0 Å². The lowest BCUT2D eigenvalue weighted by molar-refractivity contribution is -0.144. The van der Waals surface area contributed by atoms with Crippen molar-refractivity contribution in [3.63, 3.8) is 0 Å². The number of rotatable bonds is 5. The van der Waals surface area contributed by atoms with Gasteiger partial charge in [0.25, 0.3) is 0 Å². The van der Waals surface area contributed by atoms with Crippen LogP contribution in [0.2, 0.25) is 0 Å². The zero-order valence-electron chi connectivity index (χ0n) is 12.3. The average Bonchev–Trinajstić information content (AvgIpc) is 3.28. The zero-order valence-corrected chi connectivity index (χ0v) is 12.3. The van der Waals surface area contributed by atoms with E-state index in [2.05, 4.69) is 29.0 Å². The lowest BCUT2D eigenvalue weighted by Crippen LogP contribution is -2.61. The minimum atomic E-state index is -0.334. The number of nitrogens with one attached hydrogen (secondary N) is 1. The number of amides is 1. The van der Waals surface area contributed by atoms with Gasteiger partial charge in [0.2, 0.25) is 5.91 Å². The van der Waals surface area contributed by atoms with Crippen LogP contribution in [0.1, 0.15) is 39.5 Å². The molecule has 0 unspecified atom stereocenters. The maximum atomic E-state index is 13.0. The molecule has 0 aromatic rings. The molecule has 0 atom stereocenters. The number of piperazine rings is 1. The summed E-state index contributed by atoms with van der Waals surface area (Å²) in [5, 5.41) is 3.37.